The summed E-state index contributed by atoms with van der Waals surface area (Å²) >= 11 is 0. The highest BCUT2D eigenvalue weighted by molar-refractivity contribution is 6.08. The molecule has 4 heterocycles. The fourth-order valence-corrected chi connectivity index (χ4v) is 9.12. The Morgan fingerprint density at radius 1 is 0.222 bits per heavy atom. The van der Waals surface area contributed by atoms with Crippen molar-refractivity contribution in [3.63, 3.8) is 0 Å². The van der Waals surface area contributed by atoms with Crippen molar-refractivity contribution >= 4 is 65.8 Å². The van der Waals surface area contributed by atoms with Crippen LogP contribution in [0.2, 0.25) is 0 Å². The van der Waals surface area contributed by atoms with E-state index in [9.17, 15) is 0 Å². The number of benzene rings is 9. The molecule has 0 saturated heterocycles. The molecular formula is C58H34N2O3. The number of furan rings is 3. The summed E-state index contributed by atoms with van der Waals surface area (Å²) < 4.78 is 18.6. The molecule has 294 valence electrons. The summed E-state index contributed by atoms with van der Waals surface area (Å²) in [7, 11) is 0. The zero-order valence-corrected chi connectivity index (χ0v) is 33.7. The van der Waals surface area contributed by atoms with Crippen LogP contribution in [0.4, 0.5) is 0 Å². The predicted octanol–water partition coefficient (Wildman–Crippen LogP) is 16.2. The third-order valence-corrected chi connectivity index (χ3v) is 12.3. The maximum Gasteiger partial charge on any atom is 0.160 e. The Labute approximate surface area is 361 Å². The van der Waals surface area contributed by atoms with Crippen LogP contribution in [0.1, 0.15) is 0 Å². The lowest BCUT2D eigenvalue weighted by atomic mass is 9.94. The Morgan fingerprint density at radius 3 is 1.05 bits per heavy atom. The molecule has 0 radical (unpaired) electrons. The first-order chi connectivity index (χ1) is 31.1. The quantitative estimate of drug-likeness (QED) is 0.167. The summed E-state index contributed by atoms with van der Waals surface area (Å²) in [5.74, 6) is 0.639. The lowest BCUT2D eigenvalue weighted by Gasteiger charge is -2.13. The van der Waals surface area contributed by atoms with Crippen LogP contribution in [0.3, 0.4) is 0 Å². The summed E-state index contributed by atoms with van der Waals surface area (Å²) in [4.78, 5) is 10.6. The van der Waals surface area contributed by atoms with Gasteiger partial charge in [-0.1, -0.05) is 127 Å². The second-order valence-corrected chi connectivity index (χ2v) is 16.1. The van der Waals surface area contributed by atoms with Crippen molar-refractivity contribution in [1.82, 2.24) is 9.97 Å². The largest absolute Gasteiger partial charge is 0.456 e. The number of nitrogens with zero attached hydrogens (tertiary/aromatic N) is 2. The van der Waals surface area contributed by atoms with Gasteiger partial charge in [0, 0.05) is 49.0 Å². The zero-order valence-electron chi connectivity index (χ0n) is 33.7. The summed E-state index contributed by atoms with van der Waals surface area (Å²) in [5, 5.41) is 6.56. The Balaban J connectivity index is 0.974. The van der Waals surface area contributed by atoms with Gasteiger partial charge in [0.15, 0.2) is 5.82 Å². The van der Waals surface area contributed by atoms with Crippen LogP contribution < -0.4 is 0 Å². The first-order valence-electron chi connectivity index (χ1n) is 21.1. The lowest BCUT2D eigenvalue weighted by molar-refractivity contribution is 0.668. The molecule has 0 spiro atoms. The van der Waals surface area contributed by atoms with Gasteiger partial charge in [0.25, 0.3) is 0 Å². The number of rotatable bonds is 6. The van der Waals surface area contributed by atoms with Crippen molar-refractivity contribution in [2.75, 3.05) is 0 Å². The number of para-hydroxylation sites is 3. The highest BCUT2D eigenvalue weighted by Crippen LogP contribution is 2.40. The average molecular weight is 807 g/mol. The molecule has 9 aromatic carbocycles. The van der Waals surface area contributed by atoms with Gasteiger partial charge in [-0.05, 0) is 112 Å². The number of aromatic nitrogens is 2. The monoisotopic (exact) mass is 806 g/mol. The minimum absolute atomic E-state index is 0.639. The molecule has 63 heavy (non-hydrogen) atoms. The lowest BCUT2D eigenvalue weighted by Crippen LogP contribution is -1.97. The van der Waals surface area contributed by atoms with Crippen LogP contribution in [0.5, 0.6) is 0 Å². The molecule has 13 aromatic rings. The molecular weight excluding hydrogens is 773 g/mol. The molecule has 0 bridgehead atoms. The van der Waals surface area contributed by atoms with Crippen molar-refractivity contribution < 1.29 is 13.3 Å². The van der Waals surface area contributed by atoms with Crippen molar-refractivity contribution in [1.29, 1.82) is 0 Å². The molecule has 5 heteroatoms. The van der Waals surface area contributed by atoms with E-state index in [0.29, 0.717) is 5.82 Å². The van der Waals surface area contributed by atoms with E-state index in [-0.39, 0.29) is 0 Å². The normalized spacial score (nSPS) is 11.8. The first kappa shape index (κ1) is 35.2. The highest BCUT2D eigenvalue weighted by Gasteiger charge is 2.17. The van der Waals surface area contributed by atoms with E-state index in [2.05, 4.69) is 164 Å². The van der Waals surface area contributed by atoms with Gasteiger partial charge in [0.05, 0.1) is 11.4 Å². The van der Waals surface area contributed by atoms with Crippen molar-refractivity contribution in [3.8, 4) is 67.3 Å². The van der Waals surface area contributed by atoms with Gasteiger partial charge in [-0.15, -0.1) is 0 Å². The fourth-order valence-electron chi connectivity index (χ4n) is 9.12. The third-order valence-electron chi connectivity index (χ3n) is 12.3. The molecule has 0 amide bonds. The first-order valence-corrected chi connectivity index (χ1v) is 21.1. The van der Waals surface area contributed by atoms with Gasteiger partial charge in [-0.25, -0.2) is 9.97 Å². The van der Waals surface area contributed by atoms with E-state index in [1.165, 1.54) is 0 Å². The van der Waals surface area contributed by atoms with Crippen LogP contribution >= 0.6 is 0 Å². The molecule has 4 aromatic heterocycles. The molecule has 0 aliphatic carbocycles. The Bertz CT molecular complexity index is 3780. The SMILES string of the molecule is c1ccc(-c2cc(-c3ccc(-c4ccc5oc6ccccc6c5c4)cc3)nc(-c3cc(-c4ccc5oc6ccccc6c5c4)cc(-c4ccc5oc6ccccc6c5c4)c3)n2)cc1. The average Bonchev–Trinajstić information content (AvgIpc) is 4.04. The van der Waals surface area contributed by atoms with Crippen LogP contribution in [0.25, 0.3) is 133 Å². The van der Waals surface area contributed by atoms with E-state index in [1.807, 2.05) is 42.5 Å². The topological polar surface area (TPSA) is 65.2 Å². The molecule has 5 nitrogen and oxygen atoms in total. The van der Waals surface area contributed by atoms with E-state index in [4.69, 9.17) is 23.2 Å². The molecule has 0 N–H and O–H groups in total. The van der Waals surface area contributed by atoms with Crippen molar-refractivity contribution in [2.24, 2.45) is 0 Å². The number of fused-ring (bicyclic) bond motifs is 9. The Kier molecular flexibility index (Phi) is 7.84. The third kappa shape index (κ3) is 6.01. The molecule has 0 atom stereocenters. The smallest absolute Gasteiger partial charge is 0.160 e. The molecule has 13 rings (SSSR count). The Hall–Kier alpha value is -8.54. The second kappa shape index (κ2) is 14.0. The maximum atomic E-state index is 6.24. The molecule has 0 unspecified atom stereocenters. The molecule has 0 saturated carbocycles. The van der Waals surface area contributed by atoms with E-state index in [1.54, 1.807) is 0 Å². The van der Waals surface area contributed by atoms with Gasteiger partial charge < -0.3 is 13.3 Å². The summed E-state index contributed by atoms with van der Waals surface area (Å²) in [6.07, 6.45) is 0. The van der Waals surface area contributed by atoms with Gasteiger partial charge in [-0.2, -0.15) is 0 Å². The standard InChI is InChI=1S/C58H34N2O3/c1-2-10-36(11-3-1)50-34-51(37-20-18-35(19-21-37)38-22-25-55-47(31-38)44-12-4-7-15-52(44)61-55)60-58(59-50)43-29-41(39-23-26-56-48(32-39)45-13-5-8-16-53(45)62-56)28-42(30-43)40-24-27-57-49(33-40)46-14-6-9-17-54(46)63-57/h1-34H. The number of hydrogen-bond donors (Lipinski definition) is 0. The van der Waals surface area contributed by atoms with E-state index >= 15 is 0 Å². The van der Waals surface area contributed by atoms with Crippen LogP contribution in [0, 0.1) is 0 Å². The summed E-state index contributed by atoms with van der Waals surface area (Å²) in [6, 6.07) is 71.7. The van der Waals surface area contributed by atoms with Crippen molar-refractivity contribution in [2.45, 2.75) is 0 Å². The molecule has 0 fully saturated rings. The van der Waals surface area contributed by atoms with Gasteiger partial charge >= 0.3 is 0 Å². The van der Waals surface area contributed by atoms with Crippen LogP contribution in [-0.4, -0.2) is 9.97 Å². The van der Waals surface area contributed by atoms with E-state index in [0.717, 1.165) is 127 Å². The zero-order chi connectivity index (χ0) is 41.4. The minimum Gasteiger partial charge on any atom is -0.456 e. The molecule has 0 aliphatic rings. The van der Waals surface area contributed by atoms with Gasteiger partial charge in [0.1, 0.15) is 33.5 Å². The van der Waals surface area contributed by atoms with Gasteiger partial charge in [0.2, 0.25) is 0 Å². The fraction of sp³-hybridized carbons (Fsp3) is 0. The highest BCUT2D eigenvalue weighted by atomic mass is 16.3. The van der Waals surface area contributed by atoms with Crippen LogP contribution in [0.15, 0.2) is 220 Å². The minimum atomic E-state index is 0.639. The van der Waals surface area contributed by atoms with Crippen LogP contribution in [-0.2, 0) is 0 Å². The molecule has 0 aliphatic heterocycles. The second-order valence-electron chi connectivity index (χ2n) is 16.1. The predicted molar refractivity (Wildman–Crippen MR) is 256 cm³/mol. The van der Waals surface area contributed by atoms with E-state index < -0.39 is 0 Å². The number of hydrogen-bond acceptors (Lipinski definition) is 5. The van der Waals surface area contributed by atoms with Crippen molar-refractivity contribution in [3.05, 3.63) is 206 Å². The summed E-state index contributed by atoms with van der Waals surface area (Å²) in [6.45, 7) is 0. The van der Waals surface area contributed by atoms with Gasteiger partial charge in [-0.3, -0.25) is 0 Å². The maximum absolute atomic E-state index is 6.24. The Morgan fingerprint density at radius 2 is 0.571 bits per heavy atom. The summed E-state index contributed by atoms with van der Waals surface area (Å²) in [5.41, 5.74) is 16.4.